The molecule has 0 aliphatic carbocycles. The van der Waals surface area contributed by atoms with Crippen molar-refractivity contribution in [2.75, 3.05) is 19.8 Å². The molecule has 0 aromatic heterocycles. The molecule has 2 rings (SSSR count). The normalized spacial score (nSPS) is 21.9. The third-order valence-electron chi connectivity index (χ3n) is 3.43. The Morgan fingerprint density at radius 3 is 3.05 bits per heavy atom. The van der Waals surface area contributed by atoms with Gasteiger partial charge in [0.1, 0.15) is 0 Å². The Labute approximate surface area is 124 Å². The molecule has 1 saturated heterocycles. The van der Waals surface area contributed by atoms with Crippen molar-refractivity contribution < 1.29 is 9.53 Å². The van der Waals surface area contributed by atoms with Gasteiger partial charge in [0, 0.05) is 17.6 Å². The fraction of sp³-hybridized carbons (Fsp3) is 0.533. The molecule has 2 atom stereocenters. The number of carbonyl (C=O) groups excluding carboxylic acids is 1. The zero-order chi connectivity index (χ0) is 14.4. The Hall–Kier alpha value is -1.10. The molecule has 0 spiro atoms. The molecule has 1 amide bonds. The van der Waals surface area contributed by atoms with Crippen molar-refractivity contribution in [2.24, 2.45) is 5.92 Å². The lowest BCUT2D eigenvalue weighted by atomic mass is 10.0. The molecule has 4 nitrogen and oxygen atoms in total. The molecular formula is C15H21ClN2O2. The molecule has 0 saturated carbocycles. The first-order valence-corrected chi connectivity index (χ1v) is 7.41. The second-order valence-corrected chi connectivity index (χ2v) is 5.49. The van der Waals surface area contributed by atoms with Crippen LogP contribution in [0.3, 0.4) is 0 Å². The molecule has 1 heterocycles. The van der Waals surface area contributed by atoms with Gasteiger partial charge >= 0.3 is 0 Å². The number of nitrogens with one attached hydrogen (secondary N) is 2. The first-order valence-electron chi connectivity index (χ1n) is 7.04. The lowest BCUT2D eigenvalue weighted by Crippen LogP contribution is -2.44. The van der Waals surface area contributed by atoms with Crippen LogP contribution < -0.4 is 10.6 Å². The molecule has 0 radical (unpaired) electrons. The van der Waals surface area contributed by atoms with Crippen LogP contribution in [0.25, 0.3) is 0 Å². The fourth-order valence-electron chi connectivity index (χ4n) is 2.31. The minimum atomic E-state index is -0.110. The molecule has 1 aromatic carbocycles. The SMILES string of the molecule is CCCNC1COCC1C(=O)NCc1cccc(Cl)c1. The van der Waals surface area contributed by atoms with E-state index in [1.807, 2.05) is 24.3 Å². The molecule has 1 aliphatic heterocycles. The smallest absolute Gasteiger partial charge is 0.227 e. The number of hydrogen-bond acceptors (Lipinski definition) is 3. The van der Waals surface area contributed by atoms with Crippen molar-refractivity contribution >= 4 is 17.5 Å². The molecule has 0 bridgehead atoms. The van der Waals surface area contributed by atoms with E-state index in [0.717, 1.165) is 18.5 Å². The molecule has 2 N–H and O–H groups in total. The minimum absolute atomic E-state index is 0.0380. The summed E-state index contributed by atoms with van der Waals surface area (Å²) < 4.78 is 5.41. The van der Waals surface area contributed by atoms with E-state index in [4.69, 9.17) is 16.3 Å². The minimum Gasteiger partial charge on any atom is -0.379 e. The fourth-order valence-corrected chi connectivity index (χ4v) is 2.52. The average molecular weight is 297 g/mol. The summed E-state index contributed by atoms with van der Waals surface area (Å²) in [6, 6.07) is 7.63. The van der Waals surface area contributed by atoms with Crippen molar-refractivity contribution in [2.45, 2.75) is 25.9 Å². The zero-order valence-corrected chi connectivity index (χ0v) is 12.5. The Bertz CT molecular complexity index is 453. The molecule has 5 heteroatoms. The third-order valence-corrected chi connectivity index (χ3v) is 3.66. The number of carbonyl (C=O) groups is 1. The maximum absolute atomic E-state index is 12.2. The van der Waals surface area contributed by atoms with Crippen molar-refractivity contribution in [1.29, 1.82) is 0 Å². The predicted molar refractivity (Wildman–Crippen MR) is 79.7 cm³/mol. The van der Waals surface area contributed by atoms with Gasteiger partial charge in [-0.2, -0.15) is 0 Å². The number of hydrogen-bond donors (Lipinski definition) is 2. The number of ether oxygens (including phenoxy) is 1. The van der Waals surface area contributed by atoms with Gasteiger partial charge in [-0.05, 0) is 30.7 Å². The van der Waals surface area contributed by atoms with Gasteiger partial charge in [-0.3, -0.25) is 4.79 Å². The van der Waals surface area contributed by atoms with Crippen molar-refractivity contribution in [1.82, 2.24) is 10.6 Å². The first kappa shape index (κ1) is 15.3. The Kier molecular flexibility index (Phi) is 5.83. The van der Waals surface area contributed by atoms with Crippen molar-refractivity contribution in [3.8, 4) is 0 Å². The molecule has 1 fully saturated rings. The van der Waals surface area contributed by atoms with Crippen LogP contribution in [0.1, 0.15) is 18.9 Å². The van der Waals surface area contributed by atoms with Gasteiger partial charge in [-0.1, -0.05) is 30.7 Å². The average Bonchev–Trinajstić information content (AvgIpc) is 2.91. The predicted octanol–water partition coefficient (Wildman–Crippen LogP) is 1.97. The Morgan fingerprint density at radius 2 is 2.30 bits per heavy atom. The van der Waals surface area contributed by atoms with Gasteiger partial charge in [0.05, 0.1) is 19.1 Å². The topological polar surface area (TPSA) is 50.4 Å². The molecule has 1 aromatic rings. The van der Waals surface area contributed by atoms with Gasteiger partial charge in [0.25, 0.3) is 0 Å². The highest BCUT2D eigenvalue weighted by Crippen LogP contribution is 2.15. The summed E-state index contributed by atoms with van der Waals surface area (Å²) in [6.07, 6.45) is 1.05. The van der Waals surface area contributed by atoms with Crippen LogP contribution in [-0.2, 0) is 16.1 Å². The quantitative estimate of drug-likeness (QED) is 0.844. The number of benzene rings is 1. The summed E-state index contributed by atoms with van der Waals surface area (Å²) in [6.45, 7) is 4.61. The first-order chi connectivity index (χ1) is 9.70. The molecular weight excluding hydrogens is 276 g/mol. The van der Waals surface area contributed by atoms with Gasteiger partial charge in [-0.25, -0.2) is 0 Å². The van der Waals surface area contributed by atoms with Crippen molar-refractivity contribution in [3.05, 3.63) is 34.9 Å². The van der Waals surface area contributed by atoms with Crippen molar-refractivity contribution in [3.63, 3.8) is 0 Å². The van der Waals surface area contributed by atoms with Crippen LogP contribution >= 0.6 is 11.6 Å². The van der Waals surface area contributed by atoms with Gasteiger partial charge in [0.15, 0.2) is 0 Å². The van der Waals surface area contributed by atoms with Crippen LogP contribution in [0, 0.1) is 5.92 Å². The van der Waals surface area contributed by atoms with Gasteiger partial charge < -0.3 is 15.4 Å². The van der Waals surface area contributed by atoms with Gasteiger partial charge in [-0.15, -0.1) is 0 Å². The van der Waals surface area contributed by atoms with E-state index in [2.05, 4.69) is 17.6 Å². The molecule has 110 valence electrons. The Balaban J connectivity index is 1.84. The van der Waals surface area contributed by atoms with Crippen LogP contribution in [0.5, 0.6) is 0 Å². The van der Waals surface area contributed by atoms with E-state index in [1.165, 1.54) is 0 Å². The molecule has 1 aliphatic rings. The van der Waals surface area contributed by atoms with Crippen LogP contribution in [-0.4, -0.2) is 31.7 Å². The summed E-state index contributed by atoms with van der Waals surface area (Å²) in [5, 5.41) is 7.00. The second-order valence-electron chi connectivity index (χ2n) is 5.05. The van der Waals surface area contributed by atoms with Crippen LogP contribution in [0.2, 0.25) is 5.02 Å². The number of amides is 1. The third kappa shape index (κ3) is 4.20. The van der Waals surface area contributed by atoms with E-state index in [-0.39, 0.29) is 17.9 Å². The highest BCUT2D eigenvalue weighted by Gasteiger charge is 2.33. The largest absolute Gasteiger partial charge is 0.379 e. The summed E-state index contributed by atoms with van der Waals surface area (Å²) in [5.74, 6) is -0.0724. The summed E-state index contributed by atoms with van der Waals surface area (Å²) in [5.41, 5.74) is 1.00. The van der Waals surface area contributed by atoms with Crippen LogP contribution in [0.4, 0.5) is 0 Å². The molecule has 20 heavy (non-hydrogen) atoms. The number of rotatable bonds is 6. The maximum atomic E-state index is 12.2. The van der Waals surface area contributed by atoms with E-state index < -0.39 is 0 Å². The standard InChI is InChI=1S/C15H21ClN2O2/c1-2-6-17-14-10-20-9-13(14)15(19)18-8-11-4-3-5-12(16)7-11/h3-5,7,13-14,17H,2,6,8-10H2,1H3,(H,18,19). The van der Waals surface area contributed by atoms with E-state index in [1.54, 1.807) is 0 Å². The number of halogens is 1. The summed E-state index contributed by atoms with van der Waals surface area (Å²) in [4.78, 5) is 12.2. The molecule has 2 unspecified atom stereocenters. The maximum Gasteiger partial charge on any atom is 0.227 e. The highest BCUT2D eigenvalue weighted by molar-refractivity contribution is 6.30. The Morgan fingerprint density at radius 1 is 1.45 bits per heavy atom. The lowest BCUT2D eigenvalue weighted by Gasteiger charge is -2.18. The zero-order valence-electron chi connectivity index (χ0n) is 11.7. The van der Waals surface area contributed by atoms with E-state index >= 15 is 0 Å². The monoisotopic (exact) mass is 296 g/mol. The van der Waals surface area contributed by atoms with Gasteiger partial charge in [0.2, 0.25) is 5.91 Å². The second kappa shape index (κ2) is 7.62. The van der Waals surface area contributed by atoms with Crippen LogP contribution in [0.15, 0.2) is 24.3 Å². The van der Waals surface area contributed by atoms with E-state index in [0.29, 0.717) is 24.8 Å². The highest BCUT2D eigenvalue weighted by atomic mass is 35.5. The lowest BCUT2D eigenvalue weighted by molar-refractivity contribution is -0.125. The summed E-state index contributed by atoms with van der Waals surface area (Å²) >= 11 is 5.92. The van der Waals surface area contributed by atoms with E-state index in [9.17, 15) is 4.79 Å². The summed E-state index contributed by atoms with van der Waals surface area (Å²) in [7, 11) is 0.